The molecule has 10 rings (SSSR count). The molecule has 0 radical (unpaired) electrons. The van der Waals surface area contributed by atoms with Gasteiger partial charge in [0, 0.05) is 63.0 Å². The maximum atomic E-state index is 6.71. The maximum absolute atomic E-state index is 6.71. The van der Waals surface area contributed by atoms with Crippen molar-refractivity contribution in [3.63, 3.8) is 0 Å². The van der Waals surface area contributed by atoms with Crippen LogP contribution in [-0.4, -0.2) is 19.1 Å². The van der Waals surface area contributed by atoms with E-state index < -0.39 is 0 Å². The minimum absolute atomic E-state index is 0.852. The highest BCUT2D eigenvalue weighted by atomic mass is 16.5. The number of aromatic nitrogens is 4. The molecule has 5 heterocycles. The average Bonchev–Trinajstić information content (AvgIpc) is 3.63. The van der Waals surface area contributed by atoms with E-state index in [-0.39, 0.29) is 0 Å². The van der Waals surface area contributed by atoms with Crippen LogP contribution in [-0.2, 0) is 0 Å². The van der Waals surface area contributed by atoms with E-state index in [0.717, 1.165) is 61.8 Å². The molecule has 4 aromatic heterocycles. The fourth-order valence-electron chi connectivity index (χ4n) is 7.15. The van der Waals surface area contributed by atoms with Gasteiger partial charge in [-0.2, -0.15) is 0 Å². The number of hydrogen-bond donors (Lipinski definition) is 0. The zero-order valence-corrected chi connectivity index (χ0v) is 24.1. The number of rotatable bonds is 3. The quantitative estimate of drug-likeness (QED) is 0.210. The fraction of sp³-hybridized carbons (Fsp3) is 0. The Morgan fingerprint density at radius 1 is 0.511 bits per heavy atom. The molecule has 0 saturated heterocycles. The molecule has 5 heteroatoms. The van der Waals surface area contributed by atoms with Crippen molar-refractivity contribution >= 4 is 43.6 Å². The first-order valence-electron chi connectivity index (χ1n) is 15.1. The molecule has 0 unspecified atom stereocenters. The standard InChI is InChI=1S/C40H24N4O/c1-3-14-32-29(11-1)38-35(23-37-40-39(38)30-12-2-4-15-33(30)44(40)34-16-5-6-17-36(34)45-37)43(32)28-21-26(25-10-9-18-41-24-25)20-27(22-28)31-13-7-8-19-42-31/h1-24H. The number of pyridine rings is 2. The number of benzene rings is 5. The SMILES string of the molecule is c1ccc(-c2cc(-c3cccnc3)cc(-n3c4ccccc4c4c5c6ccccc6n6c5c(cc43)Oc3ccccc3-6)c2)nc1. The molecule has 1 aliphatic rings. The molecule has 0 bridgehead atoms. The molecule has 9 aromatic rings. The van der Waals surface area contributed by atoms with E-state index in [0.29, 0.717) is 0 Å². The van der Waals surface area contributed by atoms with Crippen molar-refractivity contribution in [2.75, 3.05) is 0 Å². The second kappa shape index (κ2) is 9.15. The summed E-state index contributed by atoms with van der Waals surface area (Å²) in [6, 6.07) is 44.8. The molecule has 210 valence electrons. The normalized spacial score (nSPS) is 12.2. The summed E-state index contributed by atoms with van der Waals surface area (Å²) < 4.78 is 11.5. The summed E-state index contributed by atoms with van der Waals surface area (Å²) in [4.78, 5) is 9.14. The Labute approximate surface area is 258 Å². The van der Waals surface area contributed by atoms with Gasteiger partial charge in [-0.1, -0.05) is 60.7 Å². The molecule has 0 atom stereocenters. The van der Waals surface area contributed by atoms with Crippen LogP contribution in [0.1, 0.15) is 0 Å². The van der Waals surface area contributed by atoms with Crippen molar-refractivity contribution in [2.45, 2.75) is 0 Å². The lowest BCUT2D eigenvalue weighted by Gasteiger charge is -2.21. The summed E-state index contributed by atoms with van der Waals surface area (Å²) in [5.41, 5.74) is 10.7. The molecule has 5 aromatic carbocycles. The molecule has 1 aliphatic heterocycles. The molecule has 5 nitrogen and oxygen atoms in total. The third-order valence-electron chi connectivity index (χ3n) is 8.99. The van der Waals surface area contributed by atoms with E-state index in [1.807, 2.05) is 42.9 Å². The molecule has 45 heavy (non-hydrogen) atoms. The van der Waals surface area contributed by atoms with Crippen LogP contribution < -0.4 is 4.74 Å². The van der Waals surface area contributed by atoms with E-state index in [9.17, 15) is 0 Å². The first-order valence-corrected chi connectivity index (χ1v) is 15.1. The smallest absolute Gasteiger partial charge is 0.154 e. The van der Waals surface area contributed by atoms with Gasteiger partial charge in [0.05, 0.1) is 33.4 Å². The number of fused-ring (bicyclic) bond motifs is 9. The Morgan fingerprint density at radius 2 is 1.27 bits per heavy atom. The highest BCUT2D eigenvalue weighted by molar-refractivity contribution is 6.30. The molecule has 0 fully saturated rings. The number of nitrogens with zero attached hydrogens (tertiary/aromatic N) is 4. The van der Waals surface area contributed by atoms with Gasteiger partial charge in [-0.05, 0) is 66.2 Å². The van der Waals surface area contributed by atoms with E-state index in [1.165, 1.54) is 27.1 Å². The summed E-state index contributed by atoms with van der Waals surface area (Å²) >= 11 is 0. The lowest BCUT2D eigenvalue weighted by molar-refractivity contribution is 0.477. The first kappa shape index (κ1) is 24.3. The largest absolute Gasteiger partial charge is 0.453 e. The van der Waals surface area contributed by atoms with Crippen LogP contribution in [0.25, 0.3) is 77.4 Å². The van der Waals surface area contributed by atoms with Crippen LogP contribution in [0, 0.1) is 0 Å². The number of hydrogen-bond acceptors (Lipinski definition) is 3. The van der Waals surface area contributed by atoms with Crippen molar-refractivity contribution in [2.24, 2.45) is 0 Å². The molecular formula is C40H24N4O. The highest BCUT2D eigenvalue weighted by Crippen LogP contribution is 2.50. The predicted molar refractivity (Wildman–Crippen MR) is 182 cm³/mol. The zero-order valence-electron chi connectivity index (χ0n) is 24.1. The number of para-hydroxylation sites is 4. The van der Waals surface area contributed by atoms with Gasteiger partial charge in [0.25, 0.3) is 0 Å². The molecule has 0 aliphatic carbocycles. The van der Waals surface area contributed by atoms with Gasteiger partial charge >= 0.3 is 0 Å². The summed E-state index contributed by atoms with van der Waals surface area (Å²) in [6.07, 6.45) is 5.57. The fourth-order valence-corrected chi connectivity index (χ4v) is 7.15. The third-order valence-corrected chi connectivity index (χ3v) is 8.99. The van der Waals surface area contributed by atoms with Crippen LogP contribution in [0.2, 0.25) is 0 Å². The second-order valence-corrected chi connectivity index (χ2v) is 11.5. The van der Waals surface area contributed by atoms with Crippen molar-refractivity contribution in [1.29, 1.82) is 0 Å². The van der Waals surface area contributed by atoms with E-state index in [4.69, 9.17) is 9.72 Å². The number of ether oxygens (including phenoxy) is 1. The molecule has 0 spiro atoms. The zero-order chi connectivity index (χ0) is 29.5. The van der Waals surface area contributed by atoms with E-state index in [2.05, 4.69) is 117 Å². The summed E-state index contributed by atoms with van der Waals surface area (Å²) in [5.74, 6) is 1.70. The van der Waals surface area contributed by atoms with Crippen LogP contribution in [0.5, 0.6) is 11.5 Å². The Morgan fingerprint density at radius 3 is 2.09 bits per heavy atom. The van der Waals surface area contributed by atoms with Crippen molar-refractivity contribution in [3.8, 4) is 45.3 Å². The van der Waals surface area contributed by atoms with Gasteiger partial charge in [-0.3, -0.25) is 9.97 Å². The molecule has 0 N–H and O–H groups in total. The van der Waals surface area contributed by atoms with E-state index in [1.54, 1.807) is 0 Å². The van der Waals surface area contributed by atoms with Crippen LogP contribution in [0.15, 0.2) is 146 Å². The van der Waals surface area contributed by atoms with Crippen LogP contribution in [0.3, 0.4) is 0 Å². The molecule has 0 amide bonds. The lowest BCUT2D eigenvalue weighted by atomic mass is 10.0. The minimum atomic E-state index is 0.852. The van der Waals surface area contributed by atoms with Crippen molar-refractivity contribution in [3.05, 3.63) is 146 Å². The van der Waals surface area contributed by atoms with Crippen molar-refractivity contribution in [1.82, 2.24) is 19.1 Å². The summed E-state index contributed by atoms with van der Waals surface area (Å²) in [5, 5.41) is 4.83. The topological polar surface area (TPSA) is 44.9 Å². The van der Waals surface area contributed by atoms with Gasteiger partial charge < -0.3 is 13.9 Å². The summed E-state index contributed by atoms with van der Waals surface area (Å²) in [7, 11) is 0. The first-order chi connectivity index (χ1) is 22.3. The highest BCUT2D eigenvalue weighted by Gasteiger charge is 2.28. The van der Waals surface area contributed by atoms with Gasteiger partial charge in [0.2, 0.25) is 0 Å². The maximum Gasteiger partial charge on any atom is 0.154 e. The lowest BCUT2D eigenvalue weighted by Crippen LogP contribution is -2.04. The Bertz CT molecular complexity index is 2560. The van der Waals surface area contributed by atoms with Gasteiger partial charge in [0.15, 0.2) is 11.5 Å². The predicted octanol–water partition coefficient (Wildman–Crippen LogP) is 10.1. The van der Waals surface area contributed by atoms with E-state index >= 15 is 0 Å². The summed E-state index contributed by atoms with van der Waals surface area (Å²) in [6.45, 7) is 0. The van der Waals surface area contributed by atoms with Crippen molar-refractivity contribution < 1.29 is 4.74 Å². The minimum Gasteiger partial charge on any atom is -0.453 e. The van der Waals surface area contributed by atoms with Crippen LogP contribution in [0.4, 0.5) is 0 Å². The third kappa shape index (κ3) is 3.43. The monoisotopic (exact) mass is 576 g/mol. The van der Waals surface area contributed by atoms with Crippen LogP contribution >= 0.6 is 0 Å². The Balaban J connectivity index is 1.37. The Hall–Kier alpha value is -6.20. The van der Waals surface area contributed by atoms with Gasteiger partial charge in [0.1, 0.15) is 0 Å². The second-order valence-electron chi connectivity index (χ2n) is 11.5. The molecular weight excluding hydrogens is 552 g/mol. The Kier molecular flexibility index (Phi) is 4.93. The molecule has 0 saturated carbocycles. The average molecular weight is 577 g/mol. The van der Waals surface area contributed by atoms with Gasteiger partial charge in [-0.15, -0.1) is 0 Å². The van der Waals surface area contributed by atoms with Gasteiger partial charge in [-0.25, -0.2) is 0 Å².